The molecule has 22 heavy (non-hydrogen) atoms. The molecular weight excluding hydrogens is 276 g/mol. The summed E-state index contributed by atoms with van der Waals surface area (Å²) in [7, 11) is 0. The lowest BCUT2D eigenvalue weighted by atomic mass is 10.1. The van der Waals surface area contributed by atoms with Gasteiger partial charge < -0.3 is 10.1 Å². The van der Waals surface area contributed by atoms with Crippen LogP contribution in [0, 0.1) is 11.3 Å². The molecule has 4 nitrogen and oxygen atoms in total. The number of nitrogens with zero attached hydrogens (tertiary/aromatic N) is 1. The third kappa shape index (κ3) is 4.22. The summed E-state index contributed by atoms with van der Waals surface area (Å²) in [4.78, 5) is 12.0. The zero-order valence-electron chi connectivity index (χ0n) is 12.2. The summed E-state index contributed by atoms with van der Waals surface area (Å²) in [6.07, 6.45) is 3.05. The van der Waals surface area contributed by atoms with Crippen LogP contribution in [0.1, 0.15) is 22.8 Å². The number of allylic oxidation sites excluding steroid dienone is 1. The summed E-state index contributed by atoms with van der Waals surface area (Å²) in [5.74, 6) is 0.655. The van der Waals surface area contributed by atoms with Crippen molar-refractivity contribution in [3.05, 3.63) is 71.9 Å². The molecule has 0 saturated heterocycles. The van der Waals surface area contributed by atoms with Crippen LogP contribution in [0.5, 0.6) is 5.75 Å². The van der Waals surface area contributed by atoms with Gasteiger partial charge in [0, 0.05) is 23.5 Å². The number of ether oxygens (including phenoxy) is 1. The van der Waals surface area contributed by atoms with Gasteiger partial charge in [0.2, 0.25) is 0 Å². The highest BCUT2D eigenvalue weighted by atomic mass is 16.5. The SMILES string of the molecule is CCOc1ccc(C(=O)C=CNc2ccc(C#N)cc2)cc1. The fourth-order valence-electron chi connectivity index (χ4n) is 1.83. The first-order chi connectivity index (χ1) is 10.7. The van der Waals surface area contributed by atoms with Gasteiger partial charge in [0.05, 0.1) is 18.2 Å². The molecule has 0 aliphatic heterocycles. The van der Waals surface area contributed by atoms with E-state index in [1.807, 2.05) is 6.92 Å². The van der Waals surface area contributed by atoms with Crippen LogP contribution >= 0.6 is 0 Å². The molecule has 0 aliphatic rings. The van der Waals surface area contributed by atoms with Gasteiger partial charge in [0.1, 0.15) is 5.75 Å². The molecule has 0 heterocycles. The number of carbonyl (C=O) groups is 1. The van der Waals surface area contributed by atoms with Gasteiger partial charge in [-0.05, 0) is 55.5 Å². The molecule has 0 aliphatic carbocycles. The average Bonchev–Trinajstić information content (AvgIpc) is 2.56. The minimum atomic E-state index is -0.0933. The summed E-state index contributed by atoms with van der Waals surface area (Å²) >= 11 is 0. The molecule has 0 aromatic heterocycles. The maximum absolute atomic E-state index is 12.0. The number of nitrogens with one attached hydrogen (secondary N) is 1. The van der Waals surface area contributed by atoms with E-state index in [0.29, 0.717) is 17.7 Å². The zero-order chi connectivity index (χ0) is 15.8. The van der Waals surface area contributed by atoms with Crippen molar-refractivity contribution in [2.45, 2.75) is 6.92 Å². The minimum Gasteiger partial charge on any atom is -0.494 e. The van der Waals surface area contributed by atoms with Gasteiger partial charge in [-0.3, -0.25) is 4.79 Å². The second-order valence-electron chi connectivity index (χ2n) is 4.49. The van der Waals surface area contributed by atoms with Crippen LogP contribution in [0.2, 0.25) is 0 Å². The molecule has 0 fully saturated rings. The summed E-state index contributed by atoms with van der Waals surface area (Å²) < 4.78 is 5.33. The van der Waals surface area contributed by atoms with Crippen molar-refractivity contribution in [3.63, 3.8) is 0 Å². The van der Waals surface area contributed by atoms with Gasteiger partial charge in [-0.25, -0.2) is 0 Å². The molecule has 0 radical (unpaired) electrons. The Hall–Kier alpha value is -3.06. The number of nitriles is 1. The van der Waals surface area contributed by atoms with E-state index in [9.17, 15) is 4.79 Å². The molecule has 0 bridgehead atoms. The zero-order valence-corrected chi connectivity index (χ0v) is 12.2. The van der Waals surface area contributed by atoms with Crippen LogP contribution < -0.4 is 10.1 Å². The van der Waals surface area contributed by atoms with E-state index in [1.165, 1.54) is 6.08 Å². The Kier molecular flexibility index (Phi) is 5.33. The average molecular weight is 292 g/mol. The monoisotopic (exact) mass is 292 g/mol. The molecule has 0 unspecified atom stereocenters. The van der Waals surface area contributed by atoms with Crippen LogP contribution in [0.15, 0.2) is 60.8 Å². The van der Waals surface area contributed by atoms with Crippen LogP contribution in [0.4, 0.5) is 5.69 Å². The molecule has 4 heteroatoms. The molecule has 2 aromatic rings. The summed E-state index contributed by atoms with van der Waals surface area (Å²) in [6.45, 7) is 2.51. The highest BCUT2D eigenvalue weighted by molar-refractivity contribution is 6.04. The number of hydrogen-bond acceptors (Lipinski definition) is 4. The molecule has 0 amide bonds. The van der Waals surface area contributed by atoms with E-state index in [-0.39, 0.29) is 5.78 Å². The number of carbonyl (C=O) groups excluding carboxylic acids is 1. The predicted octanol–water partition coefficient (Wildman–Crippen LogP) is 3.77. The fourth-order valence-corrected chi connectivity index (χ4v) is 1.83. The number of ketones is 1. The normalized spacial score (nSPS) is 10.2. The third-order valence-electron chi connectivity index (χ3n) is 2.95. The molecule has 0 saturated carbocycles. The molecule has 0 spiro atoms. The Bertz CT molecular complexity index is 695. The fraction of sp³-hybridized carbons (Fsp3) is 0.111. The van der Waals surface area contributed by atoms with Crippen LogP contribution in [0.3, 0.4) is 0 Å². The van der Waals surface area contributed by atoms with Crippen molar-refractivity contribution in [2.75, 3.05) is 11.9 Å². The Morgan fingerprint density at radius 2 is 1.86 bits per heavy atom. The van der Waals surface area contributed by atoms with E-state index >= 15 is 0 Å². The van der Waals surface area contributed by atoms with Crippen molar-refractivity contribution in [1.29, 1.82) is 5.26 Å². The van der Waals surface area contributed by atoms with Crippen molar-refractivity contribution >= 4 is 11.5 Å². The minimum absolute atomic E-state index is 0.0933. The first-order valence-electron chi connectivity index (χ1n) is 6.93. The summed E-state index contributed by atoms with van der Waals surface area (Å²) in [6, 6.07) is 16.1. The van der Waals surface area contributed by atoms with Crippen molar-refractivity contribution in [1.82, 2.24) is 0 Å². The van der Waals surface area contributed by atoms with Gasteiger partial charge in [-0.1, -0.05) is 0 Å². The lowest BCUT2D eigenvalue weighted by Crippen LogP contribution is -1.97. The van der Waals surface area contributed by atoms with E-state index in [4.69, 9.17) is 10.00 Å². The third-order valence-corrected chi connectivity index (χ3v) is 2.95. The number of benzene rings is 2. The Labute approximate surface area is 129 Å². The highest BCUT2D eigenvalue weighted by Crippen LogP contribution is 2.13. The smallest absolute Gasteiger partial charge is 0.187 e. The maximum atomic E-state index is 12.0. The van der Waals surface area contributed by atoms with Crippen LogP contribution in [-0.4, -0.2) is 12.4 Å². The molecule has 1 N–H and O–H groups in total. The maximum Gasteiger partial charge on any atom is 0.187 e. The Morgan fingerprint density at radius 3 is 2.45 bits per heavy atom. The lowest BCUT2D eigenvalue weighted by molar-refractivity contribution is 0.104. The Morgan fingerprint density at radius 1 is 1.18 bits per heavy atom. The number of anilines is 1. The predicted molar refractivity (Wildman–Crippen MR) is 85.9 cm³/mol. The van der Waals surface area contributed by atoms with Gasteiger partial charge in [-0.2, -0.15) is 5.26 Å². The first-order valence-corrected chi connectivity index (χ1v) is 6.93. The van der Waals surface area contributed by atoms with Crippen LogP contribution in [-0.2, 0) is 0 Å². The largest absolute Gasteiger partial charge is 0.494 e. The molecule has 2 aromatic carbocycles. The summed E-state index contributed by atoms with van der Waals surface area (Å²) in [5, 5.41) is 11.7. The van der Waals surface area contributed by atoms with Gasteiger partial charge >= 0.3 is 0 Å². The van der Waals surface area contributed by atoms with E-state index in [2.05, 4.69) is 11.4 Å². The summed E-state index contributed by atoms with van der Waals surface area (Å²) in [5.41, 5.74) is 2.01. The topological polar surface area (TPSA) is 62.1 Å². The van der Waals surface area contributed by atoms with Gasteiger partial charge in [0.15, 0.2) is 5.78 Å². The second-order valence-corrected chi connectivity index (χ2v) is 4.49. The lowest BCUT2D eigenvalue weighted by Gasteiger charge is -2.03. The molecule has 2 rings (SSSR count). The van der Waals surface area contributed by atoms with E-state index in [0.717, 1.165) is 11.4 Å². The van der Waals surface area contributed by atoms with Gasteiger partial charge in [-0.15, -0.1) is 0 Å². The quantitative estimate of drug-likeness (QED) is 0.650. The van der Waals surface area contributed by atoms with Crippen molar-refractivity contribution in [3.8, 4) is 11.8 Å². The van der Waals surface area contributed by atoms with E-state index in [1.54, 1.807) is 54.7 Å². The van der Waals surface area contributed by atoms with Crippen molar-refractivity contribution < 1.29 is 9.53 Å². The van der Waals surface area contributed by atoms with E-state index < -0.39 is 0 Å². The molecule has 0 atom stereocenters. The Balaban J connectivity index is 1.94. The highest BCUT2D eigenvalue weighted by Gasteiger charge is 2.01. The van der Waals surface area contributed by atoms with Crippen LogP contribution in [0.25, 0.3) is 0 Å². The first kappa shape index (κ1) is 15.3. The van der Waals surface area contributed by atoms with Gasteiger partial charge in [0.25, 0.3) is 0 Å². The standard InChI is InChI=1S/C18H16N2O2/c1-2-22-17-9-5-15(6-10-17)18(21)11-12-20-16-7-3-14(13-19)4-8-16/h3-12,20H,2H2,1H3. The molecule has 110 valence electrons. The number of hydrogen-bond donors (Lipinski definition) is 1. The number of rotatable bonds is 6. The van der Waals surface area contributed by atoms with Crippen molar-refractivity contribution in [2.24, 2.45) is 0 Å². The second kappa shape index (κ2) is 7.65. The molecular formula is C18H16N2O2.